The van der Waals surface area contributed by atoms with Crippen LogP contribution in [0.3, 0.4) is 0 Å². The first-order valence-electron chi connectivity index (χ1n) is 6.86. The van der Waals surface area contributed by atoms with Crippen LogP contribution in [0.2, 0.25) is 5.02 Å². The fourth-order valence-electron chi connectivity index (χ4n) is 1.87. The molecular formula is C15H20ClN3O3. The van der Waals surface area contributed by atoms with E-state index in [4.69, 9.17) is 17.3 Å². The molecule has 0 unspecified atom stereocenters. The highest BCUT2D eigenvalue weighted by Crippen LogP contribution is 2.22. The van der Waals surface area contributed by atoms with E-state index in [1.54, 1.807) is 39.0 Å². The van der Waals surface area contributed by atoms with Crippen LogP contribution in [-0.2, 0) is 14.4 Å². The Labute approximate surface area is 134 Å². The zero-order chi connectivity index (χ0) is 16.9. The zero-order valence-electron chi connectivity index (χ0n) is 12.8. The maximum Gasteiger partial charge on any atom is 0.240 e. The fourth-order valence-corrected chi connectivity index (χ4v) is 2.05. The predicted molar refractivity (Wildman–Crippen MR) is 85.4 cm³/mol. The molecule has 0 saturated carbocycles. The van der Waals surface area contributed by atoms with E-state index in [1.807, 2.05) is 0 Å². The quantitative estimate of drug-likeness (QED) is 0.692. The Hall–Kier alpha value is -2.08. The molecular weight excluding hydrogens is 306 g/mol. The Balaban J connectivity index is 2.63. The van der Waals surface area contributed by atoms with E-state index in [0.717, 1.165) is 5.56 Å². The number of carbonyl (C=O) groups excluding carboxylic acids is 3. The summed E-state index contributed by atoms with van der Waals surface area (Å²) in [5.41, 5.74) is 6.47. The average Bonchev–Trinajstić information content (AvgIpc) is 2.40. The third-order valence-corrected chi connectivity index (χ3v) is 3.56. The first-order chi connectivity index (χ1) is 10.2. The summed E-state index contributed by atoms with van der Waals surface area (Å²) in [4.78, 5) is 34.9. The molecule has 1 rings (SSSR count). The van der Waals surface area contributed by atoms with Gasteiger partial charge in [0.1, 0.15) is 12.5 Å². The van der Waals surface area contributed by atoms with Gasteiger partial charge in [-0.15, -0.1) is 0 Å². The van der Waals surface area contributed by atoms with Gasteiger partial charge in [-0.2, -0.15) is 0 Å². The number of benzene rings is 1. The maximum atomic E-state index is 11.9. The number of hydrogen-bond donors (Lipinski definition) is 3. The van der Waals surface area contributed by atoms with Gasteiger partial charge in [-0.3, -0.25) is 14.4 Å². The van der Waals surface area contributed by atoms with Crippen molar-refractivity contribution in [1.82, 2.24) is 5.32 Å². The molecule has 0 aromatic heterocycles. The van der Waals surface area contributed by atoms with E-state index in [9.17, 15) is 14.4 Å². The van der Waals surface area contributed by atoms with Crippen LogP contribution < -0.4 is 16.4 Å². The van der Waals surface area contributed by atoms with Gasteiger partial charge in [0.15, 0.2) is 0 Å². The van der Waals surface area contributed by atoms with Crippen LogP contribution >= 0.6 is 11.6 Å². The maximum absolute atomic E-state index is 11.9. The Morgan fingerprint density at radius 2 is 1.86 bits per heavy atom. The van der Waals surface area contributed by atoms with Gasteiger partial charge >= 0.3 is 0 Å². The van der Waals surface area contributed by atoms with Crippen molar-refractivity contribution >= 4 is 35.0 Å². The largest absolute Gasteiger partial charge is 0.368 e. The molecule has 1 aromatic carbocycles. The molecule has 0 aliphatic heterocycles. The highest BCUT2D eigenvalue weighted by Gasteiger charge is 2.22. The van der Waals surface area contributed by atoms with Crippen LogP contribution in [-0.4, -0.2) is 23.8 Å². The molecule has 0 aliphatic carbocycles. The Morgan fingerprint density at radius 1 is 1.23 bits per heavy atom. The second kappa shape index (κ2) is 7.79. The van der Waals surface area contributed by atoms with Crippen molar-refractivity contribution in [3.63, 3.8) is 0 Å². The molecule has 22 heavy (non-hydrogen) atoms. The van der Waals surface area contributed by atoms with Crippen molar-refractivity contribution in [1.29, 1.82) is 0 Å². The molecule has 0 fully saturated rings. The Morgan fingerprint density at radius 3 is 2.41 bits per heavy atom. The molecule has 1 atom stereocenters. The van der Waals surface area contributed by atoms with E-state index < -0.39 is 30.2 Å². The van der Waals surface area contributed by atoms with Crippen LogP contribution in [0, 0.1) is 12.8 Å². The van der Waals surface area contributed by atoms with Crippen LogP contribution in [0.25, 0.3) is 0 Å². The standard InChI is InChI=1S/C15H20ClN3O3/c1-8(2)14(15(17)22)19-13(21)7-12(20)18-11-6-4-5-10(16)9(11)3/h4-6,8,14H,7H2,1-3H3,(H2,17,22)(H,18,20)(H,19,21)/t14-/m1/s1. The molecule has 6 nitrogen and oxygen atoms in total. The lowest BCUT2D eigenvalue weighted by Crippen LogP contribution is -2.48. The van der Waals surface area contributed by atoms with Gasteiger partial charge < -0.3 is 16.4 Å². The third kappa shape index (κ3) is 5.04. The zero-order valence-corrected chi connectivity index (χ0v) is 13.5. The highest BCUT2D eigenvalue weighted by atomic mass is 35.5. The lowest BCUT2D eigenvalue weighted by atomic mass is 10.0. The van der Waals surface area contributed by atoms with Crippen LogP contribution in [0.15, 0.2) is 18.2 Å². The van der Waals surface area contributed by atoms with Gasteiger partial charge in [0.25, 0.3) is 0 Å². The minimum absolute atomic E-state index is 0.153. The first-order valence-corrected chi connectivity index (χ1v) is 7.23. The Bertz CT molecular complexity index is 587. The number of nitrogens with one attached hydrogen (secondary N) is 2. The summed E-state index contributed by atoms with van der Waals surface area (Å²) < 4.78 is 0. The SMILES string of the molecule is Cc1c(Cl)cccc1NC(=O)CC(=O)N[C@@H](C(N)=O)C(C)C. The van der Waals surface area contributed by atoms with Gasteiger partial charge in [0.05, 0.1) is 0 Å². The monoisotopic (exact) mass is 325 g/mol. The van der Waals surface area contributed by atoms with Crippen molar-refractivity contribution in [2.24, 2.45) is 11.7 Å². The number of primary amides is 1. The molecule has 3 amide bonds. The van der Waals surface area contributed by atoms with Crippen molar-refractivity contribution < 1.29 is 14.4 Å². The minimum atomic E-state index is -0.798. The molecule has 0 heterocycles. The lowest BCUT2D eigenvalue weighted by Gasteiger charge is -2.18. The number of rotatable bonds is 6. The van der Waals surface area contributed by atoms with Crippen LogP contribution in [0.4, 0.5) is 5.69 Å². The molecule has 0 bridgehead atoms. The number of hydrogen-bond acceptors (Lipinski definition) is 3. The van der Waals surface area contributed by atoms with Crippen molar-refractivity contribution in [2.45, 2.75) is 33.2 Å². The van der Waals surface area contributed by atoms with Crippen LogP contribution in [0.1, 0.15) is 25.8 Å². The second-order valence-corrected chi connectivity index (χ2v) is 5.74. The summed E-state index contributed by atoms with van der Waals surface area (Å²) in [6, 6.07) is 4.30. The van der Waals surface area contributed by atoms with E-state index in [1.165, 1.54) is 0 Å². The molecule has 1 aromatic rings. The number of halogens is 1. The molecule has 0 spiro atoms. The summed E-state index contributed by atoms with van der Waals surface area (Å²) in [7, 11) is 0. The molecule has 4 N–H and O–H groups in total. The van der Waals surface area contributed by atoms with E-state index in [0.29, 0.717) is 10.7 Å². The Kier molecular flexibility index (Phi) is 6.37. The van der Waals surface area contributed by atoms with Crippen molar-refractivity contribution in [3.8, 4) is 0 Å². The van der Waals surface area contributed by atoms with Gasteiger partial charge in [-0.05, 0) is 30.5 Å². The molecule has 0 radical (unpaired) electrons. The third-order valence-electron chi connectivity index (χ3n) is 3.15. The number of nitrogens with two attached hydrogens (primary N) is 1. The normalized spacial score (nSPS) is 11.9. The predicted octanol–water partition coefficient (Wildman–Crippen LogP) is 1.60. The van der Waals surface area contributed by atoms with Crippen molar-refractivity contribution in [3.05, 3.63) is 28.8 Å². The molecule has 0 aliphatic rings. The van der Waals surface area contributed by atoms with Crippen molar-refractivity contribution in [2.75, 3.05) is 5.32 Å². The summed E-state index contributed by atoms with van der Waals surface area (Å²) in [6.45, 7) is 5.27. The van der Waals surface area contributed by atoms with Crippen LogP contribution in [0.5, 0.6) is 0 Å². The minimum Gasteiger partial charge on any atom is -0.368 e. The van der Waals surface area contributed by atoms with Gasteiger partial charge in [-0.1, -0.05) is 31.5 Å². The molecule has 0 saturated heterocycles. The smallest absolute Gasteiger partial charge is 0.240 e. The number of carbonyl (C=O) groups is 3. The van der Waals surface area contributed by atoms with E-state index in [2.05, 4.69) is 10.6 Å². The first kappa shape index (κ1) is 18.0. The molecule has 7 heteroatoms. The second-order valence-electron chi connectivity index (χ2n) is 5.33. The summed E-state index contributed by atoms with van der Waals surface area (Å²) in [6.07, 6.45) is -0.400. The summed E-state index contributed by atoms with van der Waals surface area (Å²) >= 11 is 5.96. The van der Waals surface area contributed by atoms with Gasteiger partial charge in [-0.25, -0.2) is 0 Å². The topological polar surface area (TPSA) is 101 Å². The average molecular weight is 326 g/mol. The van der Waals surface area contributed by atoms with Gasteiger partial charge in [0.2, 0.25) is 17.7 Å². The summed E-state index contributed by atoms with van der Waals surface area (Å²) in [5.74, 6) is -1.83. The number of amides is 3. The molecule has 120 valence electrons. The highest BCUT2D eigenvalue weighted by molar-refractivity contribution is 6.31. The fraction of sp³-hybridized carbons (Fsp3) is 0.400. The van der Waals surface area contributed by atoms with E-state index in [-0.39, 0.29) is 5.92 Å². The summed E-state index contributed by atoms with van der Waals surface area (Å²) in [5, 5.41) is 5.60. The number of anilines is 1. The van der Waals surface area contributed by atoms with E-state index >= 15 is 0 Å². The lowest BCUT2D eigenvalue weighted by molar-refractivity contribution is -0.131. The van der Waals surface area contributed by atoms with Gasteiger partial charge in [0, 0.05) is 10.7 Å².